The first kappa shape index (κ1) is 25.5. The third kappa shape index (κ3) is 11.9. The zero-order valence-electron chi connectivity index (χ0n) is 17.9. The maximum Gasteiger partial charge on any atom is 0.408 e. The second-order valence-electron chi connectivity index (χ2n) is 7.70. The van der Waals surface area contributed by atoms with Crippen molar-refractivity contribution in [2.45, 2.75) is 51.7 Å². The van der Waals surface area contributed by atoms with E-state index in [2.05, 4.69) is 21.1 Å². The lowest BCUT2D eigenvalue weighted by Crippen LogP contribution is -2.48. The topological polar surface area (TPSA) is 181 Å². The quantitative estimate of drug-likeness (QED) is 0.117. The third-order valence-corrected chi connectivity index (χ3v) is 3.82. The van der Waals surface area contributed by atoms with Crippen molar-refractivity contribution in [3.8, 4) is 5.75 Å². The van der Waals surface area contributed by atoms with E-state index in [4.69, 9.17) is 10.5 Å². The molecule has 1 rings (SSSR count). The molecule has 0 bridgehead atoms. The second-order valence-corrected chi connectivity index (χ2v) is 7.70. The van der Waals surface area contributed by atoms with Gasteiger partial charge >= 0.3 is 6.09 Å². The number of nitrogens with zero attached hydrogens (tertiary/aromatic N) is 2. The smallest absolute Gasteiger partial charge is 0.408 e. The highest BCUT2D eigenvalue weighted by molar-refractivity contribution is 5.85. The fraction of sp³-hybridized carbons (Fsp3) is 0.526. The largest absolute Gasteiger partial charge is 0.508 e. The second kappa shape index (κ2) is 12.2. The number of ether oxygens (including phenoxy) is 1. The van der Waals surface area contributed by atoms with Crippen LogP contribution in [0, 0.1) is 10.1 Å². The number of phenols is 1. The van der Waals surface area contributed by atoms with Crippen LogP contribution >= 0.6 is 0 Å². The van der Waals surface area contributed by atoms with Crippen LogP contribution in [0.5, 0.6) is 5.75 Å². The van der Waals surface area contributed by atoms with Gasteiger partial charge in [0.25, 0.3) is 5.96 Å². The Balaban J connectivity index is 2.60. The third-order valence-electron chi connectivity index (χ3n) is 3.82. The van der Waals surface area contributed by atoms with Crippen molar-refractivity contribution in [1.82, 2.24) is 16.0 Å². The SMILES string of the molecule is CC(C)(C)OC(=O)N[C@H](CCCNC(N)=N[N+](=O)[O-])C(=O)NCCc1ccc(O)cc1. The number of carbonyl (C=O) groups is 2. The summed E-state index contributed by atoms with van der Waals surface area (Å²) in [6, 6.07) is 5.75. The maximum absolute atomic E-state index is 12.6. The van der Waals surface area contributed by atoms with Gasteiger partial charge in [-0.3, -0.25) is 4.79 Å². The van der Waals surface area contributed by atoms with Crippen molar-refractivity contribution >= 4 is 18.0 Å². The number of hydrogen-bond donors (Lipinski definition) is 5. The van der Waals surface area contributed by atoms with Gasteiger partial charge in [0.15, 0.2) is 5.03 Å². The van der Waals surface area contributed by atoms with Crippen molar-refractivity contribution in [2.75, 3.05) is 13.1 Å². The summed E-state index contributed by atoms with van der Waals surface area (Å²) < 4.78 is 5.21. The molecule has 1 atom stereocenters. The van der Waals surface area contributed by atoms with Crippen LogP contribution in [0.15, 0.2) is 29.4 Å². The van der Waals surface area contributed by atoms with Gasteiger partial charge in [-0.2, -0.15) is 0 Å². The molecular formula is C19H30N6O6. The number of amides is 2. The lowest BCUT2D eigenvalue weighted by Gasteiger charge is -2.23. The van der Waals surface area contributed by atoms with E-state index in [1.807, 2.05) is 0 Å². The van der Waals surface area contributed by atoms with Crippen LogP contribution < -0.4 is 21.7 Å². The molecule has 1 aromatic rings. The van der Waals surface area contributed by atoms with E-state index in [9.17, 15) is 24.8 Å². The fourth-order valence-corrected chi connectivity index (χ4v) is 2.48. The number of aromatic hydroxyl groups is 1. The summed E-state index contributed by atoms with van der Waals surface area (Å²) in [5.41, 5.74) is 5.55. The molecule has 0 heterocycles. The Morgan fingerprint density at radius 3 is 2.45 bits per heavy atom. The standard InChI is InChI=1S/C19H30N6O6/c1-19(2,3)31-18(28)23-15(5-4-11-22-17(20)24-25(29)30)16(27)21-12-10-13-6-8-14(26)9-7-13/h6-9,15,26H,4-5,10-12H2,1-3H3,(H,21,27)(H,23,28)(H3,20,22,24)/t15-/m1/s1. The zero-order chi connectivity index (χ0) is 23.4. The predicted octanol–water partition coefficient (Wildman–Crippen LogP) is 0.820. The minimum atomic E-state index is -0.920. The number of carbonyl (C=O) groups excluding carboxylic acids is 2. The van der Waals surface area contributed by atoms with Crippen LogP contribution in [0.25, 0.3) is 0 Å². The first-order valence-electron chi connectivity index (χ1n) is 9.74. The molecule has 12 heteroatoms. The average Bonchev–Trinajstić information content (AvgIpc) is 2.63. The van der Waals surface area contributed by atoms with Crippen molar-refractivity contribution in [3.63, 3.8) is 0 Å². The number of nitro groups is 1. The summed E-state index contributed by atoms with van der Waals surface area (Å²) in [4.78, 5) is 34.9. The minimum Gasteiger partial charge on any atom is -0.508 e. The van der Waals surface area contributed by atoms with Gasteiger partial charge in [-0.25, -0.2) is 14.9 Å². The minimum absolute atomic E-state index is 0.159. The van der Waals surface area contributed by atoms with Gasteiger partial charge in [0, 0.05) is 13.1 Å². The first-order chi connectivity index (χ1) is 14.5. The van der Waals surface area contributed by atoms with Crippen LogP contribution in [-0.4, -0.2) is 52.8 Å². The number of rotatable bonds is 10. The maximum atomic E-state index is 12.6. The van der Waals surface area contributed by atoms with Gasteiger partial charge in [-0.05, 0) is 57.7 Å². The molecule has 0 fully saturated rings. The summed E-state index contributed by atoms with van der Waals surface area (Å²) in [6.07, 6.45) is 0.428. The van der Waals surface area contributed by atoms with E-state index < -0.39 is 28.7 Å². The van der Waals surface area contributed by atoms with Crippen molar-refractivity contribution in [2.24, 2.45) is 10.8 Å². The molecule has 172 valence electrons. The Hall–Kier alpha value is -3.57. The predicted molar refractivity (Wildman–Crippen MR) is 114 cm³/mol. The van der Waals surface area contributed by atoms with Crippen molar-refractivity contribution in [1.29, 1.82) is 0 Å². The molecule has 0 saturated carbocycles. The monoisotopic (exact) mass is 438 g/mol. The summed E-state index contributed by atoms with van der Waals surface area (Å²) in [6.45, 7) is 5.68. The molecule has 6 N–H and O–H groups in total. The number of hydrazone groups is 1. The van der Waals surface area contributed by atoms with Gasteiger partial charge in [-0.15, -0.1) is 0 Å². The van der Waals surface area contributed by atoms with E-state index in [1.54, 1.807) is 45.0 Å². The molecule has 0 aliphatic rings. The number of hydrogen-bond acceptors (Lipinski definition) is 6. The normalized spacial score (nSPS) is 12.5. The molecule has 0 saturated heterocycles. The summed E-state index contributed by atoms with van der Waals surface area (Å²) in [5, 5.41) is 29.4. The molecule has 0 unspecified atom stereocenters. The van der Waals surface area contributed by atoms with Crippen LogP contribution in [-0.2, 0) is 16.0 Å². The fourth-order valence-electron chi connectivity index (χ4n) is 2.48. The van der Waals surface area contributed by atoms with Gasteiger partial charge < -0.3 is 31.5 Å². The summed E-state index contributed by atoms with van der Waals surface area (Å²) in [7, 11) is 0. The Bertz CT molecular complexity index is 775. The summed E-state index contributed by atoms with van der Waals surface area (Å²) >= 11 is 0. The molecule has 2 amide bonds. The number of nitrogens with two attached hydrogens (primary N) is 1. The highest BCUT2D eigenvalue weighted by Crippen LogP contribution is 2.10. The Morgan fingerprint density at radius 2 is 1.87 bits per heavy atom. The van der Waals surface area contributed by atoms with Gasteiger partial charge in [0.05, 0.1) is 0 Å². The lowest BCUT2D eigenvalue weighted by atomic mass is 10.1. The molecule has 0 aromatic heterocycles. The molecule has 0 aliphatic carbocycles. The highest BCUT2D eigenvalue weighted by atomic mass is 16.7. The highest BCUT2D eigenvalue weighted by Gasteiger charge is 2.24. The van der Waals surface area contributed by atoms with Crippen LogP contribution in [0.4, 0.5) is 4.79 Å². The number of guanidine groups is 1. The molecule has 0 spiro atoms. The molecule has 31 heavy (non-hydrogen) atoms. The van der Waals surface area contributed by atoms with Crippen LogP contribution in [0.1, 0.15) is 39.2 Å². The van der Waals surface area contributed by atoms with Crippen molar-refractivity contribution in [3.05, 3.63) is 39.9 Å². The Morgan fingerprint density at radius 1 is 1.23 bits per heavy atom. The lowest BCUT2D eigenvalue weighted by molar-refractivity contribution is -0.485. The van der Waals surface area contributed by atoms with Gasteiger partial charge in [-0.1, -0.05) is 12.1 Å². The molecule has 12 nitrogen and oxygen atoms in total. The first-order valence-corrected chi connectivity index (χ1v) is 9.74. The van der Waals surface area contributed by atoms with E-state index >= 15 is 0 Å². The molecule has 1 aromatic carbocycles. The van der Waals surface area contributed by atoms with E-state index in [1.165, 1.54) is 0 Å². The zero-order valence-corrected chi connectivity index (χ0v) is 17.9. The van der Waals surface area contributed by atoms with Crippen molar-refractivity contribution < 1.29 is 24.5 Å². The Kier molecular flexibility index (Phi) is 10.0. The number of benzene rings is 1. The van der Waals surface area contributed by atoms with E-state index in [0.29, 0.717) is 19.4 Å². The molecule has 0 radical (unpaired) electrons. The molecular weight excluding hydrogens is 408 g/mol. The number of alkyl carbamates (subject to hydrolysis) is 1. The van der Waals surface area contributed by atoms with E-state index in [-0.39, 0.29) is 24.7 Å². The van der Waals surface area contributed by atoms with E-state index in [0.717, 1.165) is 5.56 Å². The molecule has 0 aliphatic heterocycles. The number of phenolic OH excluding ortho intramolecular Hbond substituents is 1. The van der Waals surface area contributed by atoms with Gasteiger partial charge in [0.1, 0.15) is 22.5 Å². The summed E-state index contributed by atoms with van der Waals surface area (Å²) in [5.74, 6) is -0.580. The van der Waals surface area contributed by atoms with Crippen LogP contribution in [0.3, 0.4) is 0 Å². The van der Waals surface area contributed by atoms with Crippen LogP contribution in [0.2, 0.25) is 0 Å². The van der Waals surface area contributed by atoms with Gasteiger partial charge in [0.2, 0.25) is 5.91 Å². The Labute approximate surface area is 180 Å². The average molecular weight is 438 g/mol. The number of nitrogens with one attached hydrogen (secondary N) is 3.